The zero-order valence-corrected chi connectivity index (χ0v) is 5.60. The molecule has 0 aromatic carbocycles. The highest BCUT2D eigenvalue weighted by molar-refractivity contribution is 4.86. The summed E-state index contributed by atoms with van der Waals surface area (Å²) in [7, 11) is 0. The second-order valence-corrected chi connectivity index (χ2v) is 2.66. The zero-order chi connectivity index (χ0) is 7.56. The van der Waals surface area contributed by atoms with Gasteiger partial charge in [0.25, 0.3) is 0 Å². The van der Waals surface area contributed by atoms with Crippen molar-refractivity contribution in [2.75, 3.05) is 0 Å². The molecule has 58 valence electrons. The Labute approximate surface area is 58.8 Å². The Hall–Kier alpha value is -0.480. The fourth-order valence-corrected chi connectivity index (χ4v) is 1.27. The van der Waals surface area contributed by atoms with E-state index in [4.69, 9.17) is 10.2 Å². The molecule has 10 heavy (non-hydrogen) atoms. The van der Waals surface area contributed by atoms with Crippen molar-refractivity contribution >= 4 is 0 Å². The molecule has 0 amide bonds. The maximum absolute atomic E-state index is 10.0. The second-order valence-electron chi connectivity index (χ2n) is 2.66. The van der Waals surface area contributed by atoms with Crippen LogP contribution in [0.25, 0.3) is 0 Å². The largest absolute Gasteiger partial charge is 0.391 e. The van der Waals surface area contributed by atoms with Crippen LogP contribution < -0.4 is 0 Å². The Morgan fingerprint density at radius 2 is 1.70 bits per heavy atom. The van der Waals surface area contributed by atoms with Gasteiger partial charge in [-0.2, -0.15) is 4.91 Å². The molecular weight excluding hydrogens is 134 g/mol. The van der Waals surface area contributed by atoms with Crippen LogP contribution in [0, 0.1) is 4.91 Å². The standard InChI is InChI=1S/C6H11NO3/c8-4-2-1-3-5(9)6(4)7-10/h4-6,8-9H,1-3H2. The number of hydrogen-bond donors (Lipinski definition) is 2. The average molecular weight is 145 g/mol. The fourth-order valence-electron chi connectivity index (χ4n) is 1.27. The summed E-state index contributed by atoms with van der Waals surface area (Å²) >= 11 is 0. The van der Waals surface area contributed by atoms with Gasteiger partial charge in [-0.1, -0.05) is 5.18 Å². The number of nitroso groups, excluding NO2 is 1. The minimum atomic E-state index is -0.797. The number of rotatable bonds is 1. The molecular formula is C6H11NO3. The van der Waals surface area contributed by atoms with Crippen LogP contribution >= 0.6 is 0 Å². The molecule has 0 bridgehead atoms. The lowest BCUT2D eigenvalue weighted by molar-refractivity contribution is 0.0181. The predicted octanol–water partition coefficient (Wildman–Crippen LogP) is 0.0271. The van der Waals surface area contributed by atoms with E-state index in [0.29, 0.717) is 12.8 Å². The summed E-state index contributed by atoms with van der Waals surface area (Å²) in [5.41, 5.74) is 0. The second kappa shape index (κ2) is 3.07. The monoisotopic (exact) mass is 145 g/mol. The Morgan fingerprint density at radius 1 is 1.20 bits per heavy atom. The quantitative estimate of drug-likeness (QED) is 0.511. The van der Waals surface area contributed by atoms with Crippen LogP contribution in [-0.2, 0) is 0 Å². The van der Waals surface area contributed by atoms with Gasteiger partial charge < -0.3 is 10.2 Å². The molecule has 2 unspecified atom stereocenters. The third-order valence-corrected chi connectivity index (χ3v) is 1.91. The first kappa shape index (κ1) is 7.63. The van der Waals surface area contributed by atoms with Gasteiger partial charge in [0.05, 0.1) is 12.2 Å². The highest BCUT2D eigenvalue weighted by Gasteiger charge is 2.31. The van der Waals surface area contributed by atoms with Crippen LogP contribution in [0.2, 0.25) is 0 Å². The minimum Gasteiger partial charge on any atom is -0.391 e. The van der Waals surface area contributed by atoms with Crippen LogP contribution in [0.4, 0.5) is 0 Å². The molecule has 0 aromatic rings. The van der Waals surface area contributed by atoms with E-state index < -0.39 is 18.2 Å². The van der Waals surface area contributed by atoms with E-state index in [1.54, 1.807) is 0 Å². The van der Waals surface area contributed by atoms with E-state index in [2.05, 4.69) is 5.18 Å². The van der Waals surface area contributed by atoms with Gasteiger partial charge in [0.1, 0.15) is 6.04 Å². The molecule has 2 atom stereocenters. The summed E-state index contributed by atoms with van der Waals surface area (Å²) in [6.07, 6.45) is 0.456. The highest BCUT2D eigenvalue weighted by Crippen LogP contribution is 2.21. The van der Waals surface area contributed by atoms with E-state index in [-0.39, 0.29) is 0 Å². The van der Waals surface area contributed by atoms with Crippen LogP contribution in [0.1, 0.15) is 19.3 Å². The van der Waals surface area contributed by atoms with Gasteiger partial charge in [-0.3, -0.25) is 0 Å². The normalized spacial score (nSPS) is 41.2. The molecule has 0 radical (unpaired) electrons. The first-order chi connectivity index (χ1) is 4.75. The van der Waals surface area contributed by atoms with Gasteiger partial charge in [-0.25, -0.2) is 0 Å². The van der Waals surface area contributed by atoms with Crippen molar-refractivity contribution in [1.29, 1.82) is 0 Å². The molecule has 1 fully saturated rings. The summed E-state index contributed by atoms with van der Waals surface area (Å²) in [5, 5.41) is 20.8. The smallest absolute Gasteiger partial charge is 0.143 e. The number of aliphatic hydroxyl groups excluding tert-OH is 2. The number of nitrogens with zero attached hydrogens (tertiary/aromatic N) is 1. The molecule has 0 saturated heterocycles. The van der Waals surface area contributed by atoms with Crippen LogP contribution in [0.15, 0.2) is 5.18 Å². The molecule has 0 heterocycles. The maximum Gasteiger partial charge on any atom is 0.143 e. The lowest BCUT2D eigenvalue weighted by Crippen LogP contribution is -2.39. The SMILES string of the molecule is O=NC1C(O)CCCC1O. The lowest BCUT2D eigenvalue weighted by Gasteiger charge is -2.26. The van der Waals surface area contributed by atoms with E-state index in [1.807, 2.05) is 0 Å². The number of aliphatic hydroxyl groups is 2. The van der Waals surface area contributed by atoms with E-state index in [0.717, 1.165) is 6.42 Å². The van der Waals surface area contributed by atoms with Crippen molar-refractivity contribution in [2.45, 2.75) is 37.5 Å². The molecule has 1 saturated carbocycles. The van der Waals surface area contributed by atoms with Gasteiger partial charge in [0.2, 0.25) is 0 Å². The fraction of sp³-hybridized carbons (Fsp3) is 1.00. The summed E-state index contributed by atoms with van der Waals surface area (Å²) in [6, 6.07) is -0.797. The molecule has 2 N–H and O–H groups in total. The van der Waals surface area contributed by atoms with Crippen molar-refractivity contribution in [3.8, 4) is 0 Å². The Bertz CT molecular complexity index is 118. The molecule has 1 aliphatic carbocycles. The van der Waals surface area contributed by atoms with Crippen LogP contribution in [0.5, 0.6) is 0 Å². The summed E-state index contributed by atoms with van der Waals surface area (Å²) in [6.45, 7) is 0. The maximum atomic E-state index is 10.0. The first-order valence-corrected chi connectivity index (χ1v) is 3.44. The summed E-state index contributed by atoms with van der Waals surface area (Å²) < 4.78 is 0. The van der Waals surface area contributed by atoms with Crippen LogP contribution in [-0.4, -0.2) is 28.5 Å². The Kier molecular flexibility index (Phi) is 2.34. The molecule has 4 heteroatoms. The van der Waals surface area contributed by atoms with Crippen molar-refractivity contribution in [3.05, 3.63) is 4.91 Å². The molecule has 1 rings (SSSR count). The van der Waals surface area contributed by atoms with Crippen molar-refractivity contribution < 1.29 is 10.2 Å². The highest BCUT2D eigenvalue weighted by atomic mass is 16.3. The van der Waals surface area contributed by atoms with Crippen molar-refractivity contribution in [2.24, 2.45) is 5.18 Å². The molecule has 4 nitrogen and oxygen atoms in total. The van der Waals surface area contributed by atoms with E-state index in [9.17, 15) is 4.91 Å². The molecule has 0 aromatic heterocycles. The molecule has 0 aliphatic heterocycles. The Morgan fingerprint density at radius 3 is 2.00 bits per heavy atom. The average Bonchev–Trinajstić information content (AvgIpc) is 1.88. The zero-order valence-electron chi connectivity index (χ0n) is 5.60. The Balaban J connectivity index is 2.53. The predicted molar refractivity (Wildman–Crippen MR) is 35.4 cm³/mol. The van der Waals surface area contributed by atoms with Gasteiger partial charge in [0, 0.05) is 0 Å². The topological polar surface area (TPSA) is 69.9 Å². The van der Waals surface area contributed by atoms with E-state index in [1.165, 1.54) is 0 Å². The minimum absolute atomic E-state index is 0.577. The van der Waals surface area contributed by atoms with Gasteiger partial charge in [-0.05, 0) is 19.3 Å². The first-order valence-electron chi connectivity index (χ1n) is 3.44. The van der Waals surface area contributed by atoms with Gasteiger partial charge >= 0.3 is 0 Å². The lowest BCUT2D eigenvalue weighted by atomic mass is 9.91. The third kappa shape index (κ3) is 1.33. The van der Waals surface area contributed by atoms with E-state index >= 15 is 0 Å². The van der Waals surface area contributed by atoms with Crippen molar-refractivity contribution in [1.82, 2.24) is 0 Å². The summed E-state index contributed by atoms with van der Waals surface area (Å²) in [5.74, 6) is 0. The number of hydrogen-bond acceptors (Lipinski definition) is 4. The summed E-state index contributed by atoms with van der Waals surface area (Å²) in [4.78, 5) is 10.0. The van der Waals surface area contributed by atoms with Gasteiger partial charge in [-0.15, -0.1) is 0 Å². The van der Waals surface area contributed by atoms with Crippen molar-refractivity contribution in [3.63, 3.8) is 0 Å². The van der Waals surface area contributed by atoms with Crippen LogP contribution in [0.3, 0.4) is 0 Å². The third-order valence-electron chi connectivity index (χ3n) is 1.91. The van der Waals surface area contributed by atoms with Gasteiger partial charge in [0.15, 0.2) is 0 Å². The molecule has 1 aliphatic rings. The molecule has 0 spiro atoms.